The minimum atomic E-state index is -0.622. The lowest BCUT2D eigenvalue weighted by Crippen LogP contribution is -2.20. The van der Waals surface area contributed by atoms with Gasteiger partial charge in [0.25, 0.3) is 0 Å². The van der Waals surface area contributed by atoms with Crippen molar-refractivity contribution in [2.45, 2.75) is 38.1 Å². The van der Waals surface area contributed by atoms with Crippen molar-refractivity contribution in [2.75, 3.05) is 5.75 Å². The van der Waals surface area contributed by atoms with Gasteiger partial charge in [0.1, 0.15) is 18.2 Å². The molecule has 2 aromatic heterocycles. The van der Waals surface area contributed by atoms with Crippen LogP contribution in [-0.4, -0.2) is 26.5 Å². The van der Waals surface area contributed by atoms with Crippen LogP contribution in [-0.2, 0) is 34.0 Å². The molecule has 0 aliphatic carbocycles. The molecule has 3 heterocycles. The number of aromatic nitrogens is 3. The maximum atomic E-state index is 14.2. The van der Waals surface area contributed by atoms with Crippen molar-refractivity contribution in [3.63, 3.8) is 0 Å². The number of nitrogens with zero attached hydrogens (tertiary/aromatic N) is 3. The SMILES string of the molecule is CCn1c(SCC(=O)OCc2cc(F)cc3c2O[C@@H](c2ccccc2)OC3)nnc1-c1ccco1. The molecule has 1 aliphatic rings. The molecule has 10 heteroatoms. The van der Waals surface area contributed by atoms with Gasteiger partial charge in [-0.2, -0.15) is 0 Å². The summed E-state index contributed by atoms with van der Waals surface area (Å²) in [4.78, 5) is 12.5. The second kappa shape index (κ2) is 10.3. The molecule has 0 N–H and O–H groups in total. The van der Waals surface area contributed by atoms with E-state index >= 15 is 0 Å². The molecule has 1 atom stereocenters. The van der Waals surface area contributed by atoms with Crippen LogP contribution in [0, 0.1) is 5.82 Å². The van der Waals surface area contributed by atoms with Crippen molar-refractivity contribution in [3.8, 4) is 17.3 Å². The number of ether oxygens (including phenoxy) is 3. The molecule has 0 unspecified atom stereocenters. The third-order valence-corrected chi connectivity index (χ3v) is 6.32. The Balaban J connectivity index is 1.24. The summed E-state index contributed by atoms with van der Waals surface area (Å²) in [7, 11) is 0. The minimum Gasteiger partial charge on any atom is -0.461 e. The molecule has 0 radical (unpaired) electrons. The number of fused-ring (bicyclic) bond motifs is 1. The van der Waals surface area contributed by atoms with Gasteiger partial charge >= 0.3 is 5.97 Å². The van der Waals surface area contributed by atoms with Crippen molar-refractivity contribution < 1.29 is 27.8 Å². The molecular weight excluding hydrogens is 473 g/mol. The normalized spacial score (nSPS) is 14.9. The maximum absolute atomic E-state index is 14.2. The highest BCUT2D eigenvalue weighted by molar-refractivity contribution is 7.99. The standard InChI is InChI=1S/C25H22FN3O5S/c1-2-29-23(20-9-6-10-31-20)27-28-25(29)35-15-21(30)32-13-17-11-19(26)12-18-14-33-24(34-22(17)18)16-7-4-3-5-8-16/h3-12,24H,2,13-15H2,1H3/t24-/m0/s1. The van der Waals surface area contributed by atoms with E-state index in [9.17, 15) is 9.18 Å². The third kappa shape index (κ3) is 5.08. The van der Waals surface area contributed by atoms with Crippen LogP contribution in [0.3, 0.4) is 0 Å². The maximum Gasteiger partial charge on any atom is 0.316 e. The summed E-state index contributed by atoms with van der Waals surface area (Å²) >= 11 is 1.21. The van der Waals surface area contributed by atoms with E-state index in [1.54, 1.807) is 18.4 Å². The van der Waals surface area contributed by atoms with E-state index in [0.29, 0.717) is 40.2 Å². The highest BCUT2D eigenvalue weighted by atomic mass is 32.2. The Bertz CT molecular complexity index is 1310. The van der Waals surface area contributed by atoms with Crippen LogP contribution in [0.5, 0.6) is 5.75 Å². The van der Waals surface area contributed by atoms with Gasteiger partial charge < -0.3 is 18.6 Å². The van der Waals surface area contributed by atoms with Crippen LogP contribution >= 0.6 is 11.8 Å². The number of furan rings is 1. The molecule has 0 bridgehead atoms. The van der Waals surface area contributed by atoms with Crippen LogP contribution in [0.2, 0.25) is 0 Å². The number of benzene rings is 2. The summed E-state index contributed by atoms with van der Waals surface area (Å²) in [6.07, 6.45) is 0.944. The Morgan fingerprint density at radius 3 is 2.83 bits per heavy atom. The molecule has 4 aromatic rings. The monoisotopic (exact) mass is 495 g/mol. The fourth-order valence-corrected chi connectivity index (χ4v) is 4.55. The van der Waals surface area contributed by atoms with Crippen LogP contribution in [0.15, 0.2) is 70.4 Å². The number of esters is 1. The topological polar surface area (TPSA) is 88.6 Å². The van der Waals surface area contributed by atoms with E-state index in [1.165, 1.54) is 23.9 Å². The third-order valence-electron chi connectivity index (χ3n) is 5.38. The minimum absolute atomic E-state index is 0.0183. The number of carbonyl (C=O) groups excluding carboxylic acids is 1. The molecule has 8 nitrogen and oxygen atoms in total. The Morgan fingerprint density at radius 2 is 2.06 bits per heavy atom. The van der Waals surface area contributed by atoms with E-state index < -0.39 is 18.1 Å². The quantitative estimate of drug-likeness (QED) is 0.245. The zero-order chi connectivity index (χ0) is 24.2. The average Bonchev–Trinajstić information content (AvgIpc) is 3.56. The summed E-state index contributed by atoms with van der Waals surface area (Å²) in [6, 6.07) is 15.7. The van der Waals surface area contributed by atoms with Crippen molar-refractivity contribution in [2.24, 2.45) is 0 Å². The smallest absolute Gasteiger partial charge is 0.316 e. The second-order valence-corrected chi connectivity index (χ2v) is 8.64. The fourth-order valence-electron chi connectivity index (χ4n) is 3.75. The van der Waals surface area contributed by atoms with Crippen LogP contribution < -0.4 is 4.74 Å². The van der Waals surface area contributed by atoms with Gasteiger partial charge in [-0.05, 0) is 31.2 Å². The molecule has 180 valence electrons. The largest absolute Gasteiger partial charge is 0.461 e. The fraction of sp³-hybridized carbons (Fsp3) is 0.240. The zero-order valence-electron chi connectivity index (χ0n) is 18.8. The van der Waals surface area contributed by atoms with Crippen LogP contribution in [0.25, 0.3) is 11.6 Å². The van der Waals surface area contributed by atoms with Crippen LogP contribution in [0.1, 0.15) is 29.9 Å². The molecule has 2 aromatic carbocycles. The molecule has 0 saturated heterocycles. The molecule has 0 fully saturated rings. The van der Waals surface area contributed by atoms with Gasteiger partial charge in [-0.15, -0.1) is 10.2 Å². The van der Waals surface area contributed by atoms with Gasteiger partial charge in [-0.1, -0.05) is 42.1 Å². The molecule has 0 amide bonds. The zero-order valence-corrected chi connectivity index (χ0v) is 19.7. The first-order valence-corrected chi connectivity index (χ1v) is 12.0. The average molecular weight is 496 g/mol. The number of hydrogen-bond acceptors (Lipinski definition) is 8. The summed E-state index contributed by atoms with van der Waals surface area (Å²) in [5.41, 5.74) is 1.86. The summed E-state index contributed by atoms with van der Waals surface area (Å²) < 4.78 is 38.7. The van der Waals surface area contributed by atoms with Crippen molar-refractivity contribution >= 4 is 17.7 Å². The predicted molar refractivity (Wildman–Crippen MR) is 125 cm³/mol. The van der Waals surface area contributed by atoms with E-state index in [1.807, 2.05) is 41.8 Å². The molecular formula is C25H22FN3O5S. The van der Waals surface area contributed by atoms with E-state index in [-0.39, 0.29) is 19.0 Å². The lowest BCUT2D eigenvalue weighted by molar-refractivity contribution is -0.142. The highest BCUT2D eigenvalue weighted by Crippen LogP contribution is 2.37. The Kier molecular flexibility index (Phi) is 6.82. The Labute approximate surface area is 205 Å². The number of rotatable bonds is 8. The summed E-state index contributed by atoms with van der Waals surface area (Å²) in [5.74, 6) is 0.765. The van der Waals surface area contributed by atoms with E-state index in [2.05, 4.69) is 10.2 Å². The van der Waals surface area contributed by atoms with E-state index in [4.69, 9.17) is 18.6 Å². The van der Waals surface area contributed by atoms with Gasteiger partial charge in [0.15, 0.2) is 16.7 Å². The van der Waals surface area contributed by atoms with Crippen LogP contribution in [0.4, 0.5) is 4.39 Å². The molecule has 0 saturated carbocycles. The first kappa shape index (κ1) is 23.1. The number of carbonyl (C=O) groups is 1. The van der Waals surface area contributed by atoms with E-state index in [0.717, 1.165) is 5.56 Å². The van der Waals surface area contributed by atoms with Gasteiger partial charge in [0, 0.05) is 23.2 Å². The number of halogens is 1. The Hall–Kier alpha value is -3.63. The van der Waals surface area contributed by atoms with Crippen molar-refractivity contribution in [1.82, 2.24) is 14.8 Å². The van der Waals surface area contributed by atoms with Gasteiger partial charge in [0.05, 0.1) is 18.6 Å². The lowest BCUT2D eigenvalue weighted by Gasteiger charge is -2.28. The predicted octanol–water partition coefficient (Wildman–Crippen LogP) is 5.14. The summed E-state index contributed by atoms with van der Waals surface area (Å²) in [5, 5.41) is 8.91. The van der Waals surface area contributed by atoms with Gasteiger partial charge in [-0.25, -0.2) is 4.39 Å². The second-order valence-electron chi connectivity index (χ2n) is 7.70. The van der Waals surface area contributed by atoms with Crippen molar-refractivity contribution in [3.05, 3.63) is 83.4 Å². The summed E-state index contributed by atoms with van der Waals surface area (Å²) in [6.45, 7) is 2.63. The lowest BCUT2D eigenvalue weighted by atomic mass is 10.1. The highest BCUT2D eigenvalue weighted by Gasteiger charge is 2.26. The molecule has 5 rings (SSSR count). The first-order chi connectivity index (χ1) is 17.1. The molecule has 1 aliphatic heterocycles. The number of hydrogen-bond donors (Lipinski definition) is 0. The Morgan fingerprint density at radius 1 is 1.20 bits per heavy atom. The molecule has 35 heavy (non-hydrogen) atoms. The first-order valence-electron chi connectivity index (χ1n) is 11.0. The number of thioether (sulfide) groups is 1. The van der Waals surface area contributed by atoms with Gasteiger partial charge in [-0.3, -0.25) is 9.36 Å². The van der Waals surface area contributed by atoms with Gasteiger partial charge in [0.2, 0.25) is 6.29 Å². The van der Waals surface area contributed by atoms with Crippen molar-refractivity contribution in [1.29, 1.82) is 0 Å². The molecule has 0 spiro atoms.